The third-order valence-corrected chi connectivity index (χ3v) is 1.94. The number of nitrogens with one attached hydrogen (secondary N) is 1. The molecule has 1 aromatic carbocycles. The Balaban J connectivity index is 2.90. The molecule has 0 radical (unpaired) electrons. The lowest BCUT2D eigenvalue weighted by Gasteiger charge is -2.10. The van der Waals surface area contributed by atoms with Crippen LogP contribution in [0, 0.1) is 11.3 Å². The van der Waals surface area contributed by atoms with Crippen molar-refractivity contribution in [3.8, 4) is 11.8 Å². The highest BCUT2D eigenvalue weighted by atomic mass is 16.5. The van der Waals surface area contributed by atoms with Gasteiger partial charge in [0.15, 0.2) is 6.61 Å². The van der Waals surface area contributed by atoms with Crippen molar-refractivity contribution in [2.45, 2.75) is 6.54 Å². The lowest BCUT2D eigenvalue weighted by Crippen LogP contribution is -2.21. The highest BCUT2D eigenvalue weighted by molar-refractivity contribution is 5.75. The van der Waals surface area contributed by atoms with Crippen LogP contribution in [0.5, 0.6) is 5.75 Å². The molecule has 17 heavy (non-hydrogen) atoms. The van der Waals surface area contributed by atoms with E-state index >= 15 is 0 Å². The molecule has 0 aliphatic heterocycles. The molecule has 0 aromatic heterocycles. The molecule has 6 heteroatoms. The predicted molar refractivity (Wildman–Crippen MR) is 58.8 cm³/mol. The molecular formula is C11H11N3O3. The van der Waals surface area contributed by atoms with Crippen LogP contribution in [0.3, 0.4) is 0 Å². The number of primary amides is 1. The van der Waals surface area contributed by atoms with Gasteiger partial charge in [-0.15, -0.1) is 0 Å². The fourth-order valence-electron chi connectivity index (χ4n) is 1.21. The molecule has 0 fully saturated rings. The molecule has 1 rings (SSSR count). The van der Waals surface area contributed by atoms with E-state index in [1.807, 2.05) is 6.07 Å². The lowest BCUT2D eigenvalue weighted by atomic mass is 10.1. The first kappa shape index (κ1) is 12.5. The molecule has 0 saturated carbocycles. The summed E-state index contributed by atoms with van der Waals surface area (Å²) in [5, 5.41) is 11.2. The third kappa shape index (κ3) is 3.83. The van der Waals surface area contributed by atoms with Crippen LogP contribution in [0.25, 0.3) is 0 Å². The monoisotopic (exact) mass is 233 g/mol. The third-order valence-electron chi connectivity index (χ3n) is 1.94. The number of nitrogens with two attached hydrogens (primary N) is 1. The number of hydrogen-bond acceptors (Lipinski definition) is 4. The number of carbonyl (C=O) groups excluding carboxylic acids is 2. The highest BCUT2D eigenvalue weighted by Crippen LogP contribution is 2.20. The Morgan fingerprint density at radius 2 is 2.35 bits per heavy atom. The zero-order valence-corrected chi connectivity index (χ0v) is 8.97. The number of nitrogens with zero attached hydrogens (tertiary/aromatic N) is 1. The van der Waals surface area contributed by atoms with E-state index in [9.17, 15) is 9.59 Å². The maximum Gasteiger partial charge on any atom is 0.255 e. The summed E-state index contributed by atoms with van der Waals surface area (Å²) in [6.45, 7) is -0.0216. The minimum absolute atomic E-state index is 0.253. The van der Waals surface area contributed by atoms with Crippen molar-refractivity contribution in [3.63, 3.8) is 0 Å². The fourth-order valence-corrected chi connectivity index (χ4v) is 1.21. The zero-order valence-electron chi connectivity index (χ0n) is 8.97. The van der Waals surface area contributed by atoms with Gasteiger partial charge in [-0.25, -0.2) is 0 Å². The topological polar surface area (TPSA) is 105 Å². The highest BCUT2D eigenvalue weighted by Gasteiger charge is 2.06. The van der Waals surface area contributed by atoms with Crippen molar-refractivity contribution in [1.82, 2.24) is 5.32 Å². The normalized spacial score (nSPS) is 9.12. The second-order valence-electron chi connectivity index (χ2n) is 3.19. The molecule has 3 N–H and O–H groups in total. The van der Waals surface area contributed by atoms with Crippen molar-refractivity contribution < 1.29 is 14.3 Å². The van der Waals surface area contributed by atoms with Crippen LogP contribution < -0.4 is 15.8 Å². The molecule has 0 atom stereocenters. The van der Waals surface area contributed by atoms with Gasteiger partial charge in [0, 0.05) is 12.1 Å². The molecular weight excluding hydrogens is 222 g/mol. The molecule has 2 amide bonds. The van der Waals surface area contributed by atoms with Crippen molar-refractivity contribution in [2.75, 3.05) is 6.61 Å². The first-order chi connectivity index (χ1) is 8.17. The lowest BCUT2D eigenvalue weighted by molar-refractivity contribution is -0.120. The van der Waals surface area contributed by atoms with Crippen molar-refractivity contribution in [3.05, 3.63) is 29.3 Å². The zero-order chi connectivity index (χ0) is 12.7. The minimum atomic E-state index is -0.610. The van der Waals surface area contributed by atoms with Gasteiger partial charge in [0.2, 0.25) is 6.41 Å². The molecule has 0 bridgehead atoms. The van der Waals surface area contributed by atoms with Crippen molar-refractivity contribution in [1.29, 1.82) is 5.26 Å². The van der Waals surface area contributed by atoms with Gasteiger partial charge in [-0.1, -0.05) is 6.07 Å². The standard InChI is InChI=1S/C11H11N3O3/c12-4-8-1-2-9(5-14-7-15)10(3-8)17-6-11(13)16/h1-3,7H,5-6H2,(H2,13,16)(H,14,15). The van der Waals surface area contributed by atoms with Crippen LogP contribution >= 0.6 is 0 Å². The number of rotatable bonds is 6. The molecule has 0 aliphatic carbocycles. The van der Waals surface area contributed by atoms with E-state index in [1.54, 1.807) is 12.1 Å². The smallest absolute Gasteiger partial charge is 0.255 e. The van der Waals surface area contributed by atoms with Crippen LogP contribution in [0.15, 0.2) is 18.2 Å². The molecule has 88 valence electrons. The molecule has 0 unspecified atom stereocenters. The Labute approximate surface area is 98.0 Å². The molecule has 0 heterocycles. The Morgan fingerprint density at radius 3 is 2.94 bits per heavy atom. The van der Waals surface area contributed by atoms with Gasteiger partial charge in [-0.05, 0) is 12.1 Å². The summed E-state index contributed by atoms with van der Waals surface area (Å²) in [4.78, 5) is 20.8. The van der Waals surface area contributed by atoms with Gasteiger partial charge < -0.3 is 15.8 Å². The van der Waals surface area contributed by atoms with E-state index in [4.69, 9.17) is 15.7 Å². The van der Waals surface area contributed by atoms with Gasteiger partial charge in [0.25, 0.3) is 5.91 Å². The summed E-state index contributed by atoms with van der Waals surface area (Å²) in [5.41, 5.74) is 6.03. The average molecular weight is 233 g/mol. The fraction of sp³-hybridized carbons (Fsp3) is 0.182. The Kier molecular flexibility index (Phi) is 4.51. The Bertz CT molecular complexity index is 466. The van der Waals surface area contributed by atoms with E-state index in [2.05, 4.69) is 5.32 Å². The summed E-state index contributed by atoms with van der Waals surface area (Å²) in [6, 6.07) is 6.68. The second kappa shape index (κ2) is 6.12. The summed E-state index contributed by atoms with van der Waals surface area (Å²) < 4.78 is 5.16. The van der Waals surface area contributed by atoms with E-state index in [0.717, 1.165) is 0 Å². The molecule has 6 nitrogen and oxygen atoms in total. The van der Waals surface area contributed by atoms with Crippen molar-refractivity contribution in [2.24, 2.45) is 5.73 Å². The average Bonchev–Trinajstić information content (AvgIpc) is 2.34. The van der Waals surface area contributed by atoms with E-state index in [0.29, 0.717) is 23.3 Å². The summed E-state index contributed by atoms with van der Waals surface area (Å²) in [5.74, 6) is -0.251. The first-order valence-electron chi connectivity index (χ1n) is 4.78. The Morgan fingerprint density at radius 1 is 1.59 bits per heavy atom. The minimum Gasteiger partial charge on any atom is -0.483 e. The van der Waals surface area contributed by atoms with Gasteiger partial charge in [0.05, 0.1) is 11.6 Å². The summed E-state index contributed by atoms with van der Waals surface area (Å²) in [6.07, 6.45) is 0.552. The first-order valence-corrected chi connectivity index (χ1v) is 4.78. The second-order valence-corrected chi connectivity index (χ2v) is 3.19. The van der Waals surface area contributed by atoms with E-state index in [-0.39, 0.29) is 13.2 Å². The maximum absolute atomic E-state index is 10.6. The predicted octanol–water partition coefficient (Wildman–Crippen LogP) is -0.332. The number of carbonyl (C=O) groups is 2. The SMILES string of the molecule is N#Cc1ccc(CNC=O)c(OCC(N)=O)c1. The maximum atomic E-state index is 10.6. The van der Waals surface area contributed by atoms with Gasteiger partial charge >= 0.3 is 0 Å². The number of benzene rings is 1. The van der Waals surface area contributed by atoms with Crippen LogP contribution in [0.4, 0.5) is 0 Å². The van der Waals surface area contributed by atoms with Gasteiger partial charge in [0.1, 0.15) is 5.75 Å². The van der Waals surface area contributed by atoms with Gasteiger partial charge in [-0.3, -0.25) is 9.59 Å². The van der Waals surface area contributed by atoms with Gasteiger partial charge in [-0.2, -0.15) is 5.26 Å². The quantitative estimate of drug-likeness (QED) is 0.656. The van der Waals surface area contributed by atoms with Crippen LogP contribution in [0.1, 0.15) is 11.1 Å². The summed E-state index contributed by atoms with van der Waals surface area (Å²) >= 11 is 0. The Hall–Kier alpha value is -2.55. The van der Waals surface area contributed by atoms with Crippen LogP contribution in [0.2, 0.25) is 0 Å². The molecule has 0 saturated heterocycles. The summed E-state index contributed by atoms with van der Waals surface area (Å²) in [7, 11) is 0. The van der Waals surface area contributed by atoms with Crippen LogP contribution in [-0.4, -0.2) is 18.9 Å². The van der Waals surface area contributed by atoms with E-state index in [1.165, 1.54) is 6.07 Å². The molecule has 0 aliphatic rings. The molecule has 0 spiro atoms. The van der Waals surface area contributed by atoms with E-state index < -0.39 is 5.91 Å². The molecule has 1 aromatic rings. The number of ether oxygens (including phenoxy) is 1. The van der Waals surface area contributed by atoms with Crippen molar-refractivity contribution >= 4 is 12.3 Å². The van der Waals surface area contributed by atoms with Crippen LogP contribution in [-0.2, 0) is 16.1 Å². The number of nitriles is 1. The largest absolute Gasteiger partial charge is 0.483 e. The number of hydrogen-bond donors (Lipinski definition) is 2. The number of amides is 2.